The van der Waals surface area contributed by atoms with Crippen molar-refractivity contribution in [2.45, 2.75) is 103 Å². The zero-order valence-electron chi connectivity index (χ0n) is 24.6. The molecule has 0 aromatic carbocycles. The maximum Gasteiger partial charge on any atom is 0.244 e. The number of ketones is 2. The van der Waals surface area contributed by atoms with Crippen LogP contribution in [0.15, 0.2) is 0 Å². The molecular formula is C26H47N9O7. The Balaban J connectivity index is 3.27. The second kappa shape index (κ2) is 19.7. The molecule has 0 aliphatic carbocycles. The molecule has 16 nitrogen and oxygen atoms in total. The molecule has 1 heterocycles. The molecule has 0 saturated carbocycles. The third-order valence-electron chi connectivity index (χ3n) is 6.52. The van der Waals surface area contributed by atoms with E-state index >= 15 is 0 Å². The van der Waals surface area contributed by atoms with E-state index < -0.39 is 59.2 Å². The zero-order valence-corrected chi connectivity index (χ0v) is 24.6. The van der Waals surface area contributed by atoms with Gasteiger partial charge in [0.25, 0.3) is 0 Å². The maximum absolute atomic E-state index is 13.6. The predicted octanol–water partition coefficient (Wildman–Crippen LogP) is -2.21. The van der Waals surface area contributed by atoms with Gasteiger partial charge >= 0.3 is 0 Å². The van der Waals surface area contributed by atoms with E-state index in [2.05, 4.69) is 21.6 Å². The molecule has 1 fully saturated rings. The number of carbonyl (C=O) groups is 7. The molecule has 0 aromatic heterocycles. The van der Waals surface area contributed by atoms with Gasteiger partial charge in [0.1, 0.15) is 6.04 Å². The largest absolute Gasteiger partial charge is 0.344 e. The van der Waals surface area contributed by atoms with Crippen molar-refractivity contribution in [2.24, 2.45) is 17.2 Å². The SMILES string of the molecule is CC(=O)NN(NC(C)=O)[C@@H](CCCCN)C(=O)N[C@@H](CCCCN)C(=O)C(=O)[C@H](CCCCN)NN1C(=O)CCC1=O. The molecule has 1 saturated heterocycles. The molecule has 1 aliphatic heterocycles. The van der Waals surface area contributed by atoms with Crippen molar-refractivity contribution in [1.29, 1.82) is 0 Å². The van der Waals surface area contributed by atoms with Crippen molar-refractivity contribution >= 4 is 41.1 Å². The highest BCUT2D eigenvalue weighted by atomic mass is 16.2. The van der Waals surface area contributed by atoms with Crippen LogP contribution in [0.5, 0.6) is 0 Å². The van der Waals surface area contributed by atoms with E-state index in [9.17, 15) is 33.6 Å². The van der Waals surface area contributed by atoms with E-state index in [0.717, 1.165) is 10.1 Å². The molecule has 238 valence electrons. The van der Waals surface area contributed by atoms with Gasteiger partial charge in [-0.2, -0.15) is 0 Å². The fourth-order valence-electron chi connectivity index (χ4n) is 4.38. The maximum atomic E-state index is 13.6. The van der Waals surface area contributed by atoms with Crippen molar-refractivity contribution in [1.82, 2.24) is 31.7 Å². The molecule has 0 unspecified atom stereocenters. The minimum Gasteiger partial charge on any atom is -0.344 e. The Morgan fingerprint density at radius 2 is 1.14 bits per heavy atom. The van der Waals surface area contributed by atoms with Gasteiger partial charge in [0, 0.05) is 26.7 Å². The topological polar surface area (TPSA) is 252 Å². The average Bonchev–Trinajstić information content (AvgIpc) is 3.24. The summed E-state index contributed by atoms with van der Waals surface area (Å²) in [5, 5.41) is 4.37. The summed E-state index contributed by atoms with van der Waals surface area (Å²) < 4.78 is 0. The fraction of sp³-hybridized carbons (Fsp3) is 0.731. The molecular weight excluding hydrogens is 550 g/mol. The quantitative estimate of drug-likeness (QED) is 0.0304. The molecule has 16 heteroatoms. The first-order chi connectivity index (χ1) is 20.0. The van der Waals surface area contributed by atoms with Gasteiger partial charge in [0.15, 0.2) is 0 Å². The number of nitrogens with one attached hydrogen (secondary N) is 4. The Labute approximate surface area is 246 Å². The minimum atomic E-state index is -1.27. The van der Waals surface area contributed by atoms with E-state index in [0.29, 0.717) is 58.2 Å². The number of nitrogens with zero attached hydrogens (tertiary/aromatic N) is 2. The van der Waals surface area contributed by atoms with Gasteiger partial charge in [0.2, 0.25) is 41.1 Å². The van der Waals surface area contributed by atoms with Gasteiger partial charge in [-0.05, 0) is 71.0 Å². The monoisotopic (exact) mass is 597 g/mol. The number of imide groups is 1. The summed E-state index contributed by atoms with van der Waals surface area (Å²) in [5.74, 6) is -4.66. The number of hydrogen-bond donors (Lipinski definition) is 7. The molecule has 10 N–H and O–H groups in total. The van der Waals surface area contributed by atoms with Crippen LogP contribution in [-0.2, 0) is 33.6 Å². The first-order valence-electron chi connectivity index (χ1n) is 14.4. The number of hydrogen-bond acceptors (Lipinski definition) is 12. The lowest BCUT2D eigenvalue weighted by molar-refractivity contribution is -0.146. The van der Waals surface area contributed by atoms with Gasteiger partial charge < -0.3 is 22.5 Å². The van der Waals surface area contributed by atoms with Gasteiger partial charge in [0.05, 0.1) is 12.1 Å². The van der Waals surface area contributed by atoms with Crippen molar-refractivity contribution in [2.75, 3.05) is 19.6 Å². The van der Waals surface area contributed by atoms with Crippen molar-refractivity contribution in [3.63, 3.8) is 0 Å². The average molecular weight is 598 g/mol. The van der Waals surface area contributed by atoms with Gasteiger partial charge in [-0.1, -0.05) is 6.42 Å². The zero-order chi connectivity index (χ0) is 31.7. The van der Waals surface area contributed by atoms with Gasteiger partial charge in [-0.25, -0.2) is 10.4 Å². The first kappa shape index (κ1) is 36.7. The predicted molar refractivity (Wildman–Crippen MR) is 152 cm³/mol. The molecule has 3 atom stereocenters. The second-order valence-electron chi connectivity index (χ2n) is 10.2. The lowest BCUT2D eigenvalue weighted by Gasteiger charge is -2.31. The lowest BCUT2D eigenvalue weighted by Crippen LogP contribution is -2.63. The Bertz CT molecular complexity index is 930. The third kappa shape index (κ3) is 12.7. The summed E-state index contributed by atoms with van der Waals surface area (Å²) in [4.78, 5) is 88.6. The molecule has 42 heavy (non-hydrogen) atoms. The number of hydrazine groups is 3. The summed E-state index contributed by atoms with van der Waals surface area (Å²) in [6.07, 6.45) is 3.29. The molecule has 0 radical (unpaired) electrons. The number of rotatable bonds is 22. The van der Waals surface area contributed by atoms with Gasteiger partial charge in [-0.3, -0.25) is 44.4 Å². The van der Waals surface area contributed by atoms with E-state index in [1.807, 2.05) is 0 Å². The van der Waals surface area contributed by atoms with Crippen LogP contribution in [0.25, 0.3) is 0 Å². The van der Waals surface area contributed by atoms with Crippen LogP contribution >= 0.6 is 0 Å². The number of carbonyl (C=O) groups excluding carboxylic acids is 7. The van der Waals surface area contributed by atoms with Crippen molar-refractivity contribution in [3.8, 4) is 0 Å². The van der Waals surface area contributed by atoms with Crippen LogP contribution in [0.4, 0.5) is 0 Å². The lowest BCUT2D eigenvalue weighted by atomic mass is 9.95. The Hall–Kier alpha value is -3.31. The summed E-state index contributed by atoms with van der Waals surface area (Å²) in [5.41, 5.74) is 24.2. The van der Waals surface area contributed by atoms with Gasteiger partial charge in [-0.15, -0.1) is 5.12 Å². The summed E-state index contributed by atoms with van der Waals surface area (Å²) >= 11 is 0. The van der Waals surface area contributed by atoms with E-state index in [1.165, 1.54) is 13.8 Å². The number of nitrogens with two attached hydrogens (primary N) is 3. The van der Waals surface area contributed by atoms with Crippen LogP contribution < -0.4 is 38.8 Å². The van der Waals surface area contributed by atoms with Crippen molar-refractivity contribution in [3.05, 3.63) is 0 Å². The van der Waals surface area contributed by atoms with Crippen LogP contribution in [0.3, 0.4) is 0 Å². The van der Waals surface area contributed by atoms with Crippen molar-refractivity contribution < 1.29 is 33.6 Å². The fourth-order valence-corrected chi connectivity index (χ4v) is 4.38. The van der Waals surface area contributed by atoms with E-state index in [1.54, 1.807) is 0 Å². The molecule has 0 aromatic rings. The molecule has 0 spiro atoms. The van der Waals surface area contributed by atoms with Crippen LogP contribution in [0, 0.1) is 0 Å². The Morgan fingerprint density at radius 1 is 0.714 bits per heavy atom. The molecule has 1 rings (SSSR count). The third-order valence-corrected chi connectivity index (χ3v) is 6.52. The van der Waals surface area contributed by atoms with E-state index in [-0.39, 0.29) is 32.1 Å². The normalized spacial score (nSPS) is 15.3. The van der Waals surface area contributed by atoms with Crippen LogP contribution in [0.2, 0.25) is 0 Å². The standard InChI is InChI=1S/C26H47N9O7/c1-17(36)31-35(32-18(2)37)21(11-5-8-16-29)26(42)30-19(9-3-6-14-27)24(40)25(41)20(10-4-7-15-28)33-34-22(38)12-13-23(34)39/h19-21,33H,3-16,27-29H2,1-2H3,(H,30,42)(H,31,36)(H,32,37)/t19-,20-,21-/m0/s1. The smallest absolute Gasteiger partial charge is 0.244 e. The number of unbranched alkanes of at least 4 members (excludes halogenated alkanes) is 3. The molecule has 1 aliphatic rings. The highest BCUT2D eigenvalue weighted by Gasteiger charge is 2.38. The number of amides is 5. The highest BCUT2D eigenvalue weighted by molar-refractivity contribution is 6.41. The molecule has 5 amide bonds. The Morgan fingerprint density at radius 3 is 1.60 bits per heavy atom. The summed E-state index contributed by atoms with van der Waals surface area (Å²) in [7, 11) is 0. The van der Waals surface area contributed by atoms with E-state index in [4.69, 9.17) is 17.2 Å². The summed E-state index contributed by atoms with van der Waals surface area (Å²) in [6.45, 7) is 3.43. The molecule has 0 bridgehead atoms. The van der Waals surface area contributed by atoms with Crippen LogP contribution in [-0.4, -0.2) is 89.0 Å². The Kier molecular flexibility index (Phi) is 17.3. The van der Waals surface area contributed by atoms with Crippen LogP contribution in [0.1, 0.15) is 84.5 Å². The number of Topliss-reactive ketones (excluding diaryl/α,β-unsaturated/α-hetero) is 2. The minimum absolute atomic E-state index is 0.00803. The highest BCUT2D eigenvalue weighted by Crippen LogP contribution is 2.14. The second-order valence-corrected chi connectivity index (χ2v) is 10.2. The summed E-state index contributed by atoms with van der Waals surface area (Å²) in [6, 6.07) is -3.60. The first-order valence-corrected chi connectivity index (χ1v) is 14.4.